The normalized spacial score (nSPS) is 20.9. The molecule has 1 atom stereocenters. The number of halogens is 1. The molecule has 16 heavy (non-hydrogen) atoms. The van der Waals surface area contributed by atoms with Gasteiger partial charge in [0.15, 0.2) is 0 Å². The number of nitrogens with zero attached hydrogens (tertiary/aromatic N) is 2. The van der Waals surface area contributed by atoms with Crippen LogP contribution in [0.3, 0.4) is 0 Å². The van der Waals surface area contributed by atoms with Crippen molar-refractivity contribution in [3.05, 3.63) is 17.3 Å². The highest BCUT2D eigenvalue weighted by molar-refractivity contribution is 6.33. The molecule has 1 saturated heterocycles. The Morgan fingerprint density at radius 2 is 2.38 bits per heavy atom. The summed E-state index contributed by atoms with van der Waals surface area (Å²) in [5.41, 5.74) is 1.02. The summed E-state index contributed by atoms with van der Waals surface area (Å²) in [6.45, 7) is 4.41. The monoisotopic (exact) mass is 240 g/mol. The molecule has 0 aromatic carbocycles. The number of methoxy groups -OCH3 is 1. The molecule has 0 amide bonds. The Morgan fingerprint density at radius 1 is 1.56 bits per heavy atom. The van der Waals surface area contributed by atoms with Crippen LogP contribution in [-0.2, 0) is 0 Å². The standard InChI is InChI=1S/C12H17ClN2O/c1-9-4-3-5-15(8-9)11-7-14-12(16-2)6-10(11)13/h6-7,9H,3-5,8H2,1-2H3/t9-/m1/s1. The summed E-state index contributed by atoms with van der Waals surface area (Å²) in [5, 5.41) is 0.723. The first-order valence-electron chi connectivity index (χ1n) is 5.65. The lowest BCUT2D eigenvalue weighted by Crippen LogP contribution is -2.34. The second kappa shape index (κ2) is 4.91. The number of piperidine rings is 1. The summed E-state index contributed by atoms with van der Waals surface area (Å²) in [4.78, 5) is 6.52. The largest absolute Gasteiger partial charge is 0.481 e. The highest BCUT2D eigenvalue weighted by atomic mass is 35.5. The molecule has 0 spiro atoms. The van der Waals surface area contributed by atoms with Gasteiger partial charge in [0.2, 0.25) is 5.88 Å². The van der Waals surface area contributed by atoms with Gasteiger partial charge in [-0.15, -0.1) is 0 Å². The van der Waals surface area contributed by atoms with Crippen LogP contribution in [0.1, 0.15) is 19.8 Å². The molecule has 1 aliphatic rings. The van der Waals surface area contributed by atoms with E-state index in [2.05, 4.69) is 16.8 Å². The van der Waals surface area contributed by atoms with Crippen molar-refractivity contribution in [3.8, 4) is 5.88 Å². The Balaban J connectivity index is 2.19. The second-order valence-electron chi connectivity index (χ2n) is 4.37. The minimum atomic E-state index is 0.568. The van der Waals surface area contributed by atoms with Gasteiger partial charge in [-0.05, 0) is 18.8 Å². The fourth-order valence-electron chi connectivity index (χ4n) is 2.16. The van der Waals surface area contributed by atoms with Gasteiger partial charge in [0, 0.05) is 19.2 Å². The minimum absolute atomic E-state index is 0.568. The zero-order valence-electron chi connectivity index (χ0n) is 9.74. The van der Waals surface area contributed by atoms with Gasteiger partial charge in [-0.3, -0.25) is 0 Å². The molecule has 2 heterocycles. The number of rotatable bonds is 2. The van der Waals surface area contributed by atoms with Crippen LogP contribution in [0.15, 0.2) is 12.3 Å². The summed E-state index contributed by atoms with van der Waals surface area (Å²) >= 11 is 6.23. The van der Waals surface area contributed by atoms with E-state index in [0.717, 1.165) is 29.7 Å². The lowest BCUT2D eigenvalue weighted by molar-refractivity contribution is 0.397. The van der Waals surface area contributed by atoms with E-state index in [1.807, 2.05) is 0 Å². The van der Waals surface area contributed by atoms with Crippen LogP contribution in [0.4, 0.5) is 5.69 Å². The van der Waals surface area contributed by atoms with E-state index < -0.39 is 0 Å². The van der Waals surface area contributed by atoms with Crippen molar-refractivity contribution in [3.63, 3.8) is 0 Å². The maximum absolute atomic E-state index is 6.23. The first-order valence-corrected chi connectivity index (χ1v) is 6.03. The third kappa shape index (κ3) is 2.40. The van der Waals surface area contributed by atoms with E-state index in [1.54, 1.807) is 19.4 Å². The van der Waals surface area contributed by atoms with Crippen molar-refractivity contribution in [2.75, 3.05) is 25.1 Å². The Labute approximate surface area is 101 Å². The quantitative estimate of drug-likeness (QED) is 0.795. The van der Waals surface area contributed by atoms with E-state index in [0.29, 0.717) is 5.88 Å². The van der Waals surface area contributed by atoms with Crippen LogP contribution in [-0.4, -0.2) is 25.2 Å². The van der Waals surface area contributed by atoms with Gasteiger partial charge in [0.25, 0.3) is 0 Å². The molecule has 0 N–H and O–H groups in total. The molecule has 0 bridgehead atoms. The first-order chi connectivity index (χ1) is 7.70. The Hall–Kier alpha value is -0.960. The molecule has 0 aliphatic carbocycles. The topological polar surface area (TPSA) is 25.4 Å². The summed E-state index contributed by atoms with van der Waals surface area (Å²) in [6, 6.07) is 1.77. The number of pyridine rings is 1. The van der Waals surface area contributed by atoms with Gasteiger partial charge >= 0.3 is 0 Å². The van der Waals surface area contributed by atoms with Crippen molar-refractivity contribution < 1.29 is 4.74 Å². The van der Waals surface area contributed by atoms with Gasteiger partial charge in [-0.25, -0.2) is 4.98 Å². The molecule has 1 aliphatic heterocycles. The lowest BCUT2D eigenvalue weighted by atomic mass is 10.00. The lowest BCUT2D eigenvalue weighted by Gasteiger charge is -2.33. The summed E-state index contributed by atoms with van der Waals surface area (Å²) in [5.74, 6) is 1.30. The Kier molecular flexibility index (Phi) is 3.54. The number of aromatic nitrogens is 1. The van der Waals surface area contributed by atoms with Crippen molar-refractivity contribution in [2.45, 2.75) is 19.8 Å². The molecule has 1 fully saturated rings. The predicted molar refractivity (Wildman–Crippen MR) is 66.4 cm³/mol. The number of hydrogen-bond acceptors (Lipinski definition) is 3. The third-order valence-corrected chi connectivity index (χ3v) is 3.32. The van der Waals surface area contributed by atoms with E-state index >= 15 is 0 Å². The summed E-state index contributed by atoms with van der Waals surface area (Å²) in [6.07, 6.45) is 4.33. The SMILES string of the molecule is COc1cc(Cl)c(N2CCC[C@@H](C)C2)cn1. The molecular weight excluding hydrogens is 224 g/mol. The maximum atomic E-state index is 6.23. The van der Waals surface area contributed by atoms with Gasteiger partial charge in [0.05, 0.1) is 24.0 Å². The number of hydrogen-bond donors (Lipinski definition) is 0. The Morgan fingerprint density at radius 3 is 3.00 bits per heavy atom. The highest BCUT2D eigenvalue weighted by Gasteiger charge is 2.19. The van der Waals surface area contributed by atoms with Gasteiger partial charge in [-0.1, -0.05) is 18.5 Å². The molecule has 0 saturated carbocycles. The van der Waals surface area contributed by atoms with Crippen LogP contribution < -0.4 is 9.64 Å². The molecule has 2 rings (SSSR count). The second-order valence-corrected chi connectivity index (χ2v) is 4.78. The van der Waals surface area contributed by atoms with Crippen LogP contribution in [0, 0.1) is 5.92 Å². The van der Waals surface area contributed by atoms with Crippen LogP contribution in [0.2, 0.25) is 5.02 Å². The van der Waals surface area contributed by atoms with E-state index in [9.17, 15) is 0 Å². The fourth-order valence-corrected chi connectivity index (χ4v) is 2.42. The highest BCUT2D eigenvalue weighted by Crippen LogP contribution is 2.30. The zero-order chi connectivity index (χ0) is 11.5. The van der Waals surface area contributed by atoms with E-state index in [-0.39, 0.29) is 0 Å². The summed E-state index contributed by atoms with van der Waals surface area (Å²) < 4.78 is 5.04. The van der Waals surface area contributed by atoms with Crippen LogP contribution in [0.5, 0.6) is 5.88 Å². The predicted octanol–water partition coefficient (Wildman–Crippen LogP) is 2.98. The number of ether oxygens (including phenoxy) is 1. The van der Waals surface area contributed by atoms with E-state index in [4.69, 9.17) is 16.3 Å². The van der Waals surface area contributed by atoms with E-state index in [1.165, 1.54) is 12.8 Å². The molecule has 1 aromatic rings. The first kappa shape index (κ1) is 11.5. The van der Waals surface area contributed by atoms with Crippen molar-refractivity contribution >= 4 is 17.3 Å². The average molecular weight is 241 g/mol. The smallest absolute Gasteiger partial charge is 0.214 e. The molecule has 0 radical (unpaired) electrons. The minimum Gasteiger partial charge on any atom is -0.481 e. The third-order valence-electron chi connectivity index (χ3n) is 3.02. The van der Waals surface area contributed by atoms with Gasteiger partial charge in [-0.2, -0.15) is 0 Å². The fraction of sp³-hybridized carbons (Fsp3) is 0.583. The van der Waals surface area contributed by atoms with Crippen LogP contribution in [0.25, 0.3) is 0 Å². The molecule has 88 valence electrons. The molecular formula is C12H17ClN2O. The molecule has 1 aromatic heterocycles. The van der Waals surface area contributed by atoms with Crippen LogP contribution >= 0.6 is 11.6 Å². The molecule has 4 heteroatoms. The summed E-state index contributed by atoms with van der Waals surface area (Å²) in [7, 11) is 1.60. The number of anilines is 1. The Bertz CT molecular complexity index is 370. The molecule has 3 nitrogen and oxygen atoms in total. The van der Waals surface area contributed by atoms with Crippen molar-refractivity contribution in [1.82, 2.24) is 4.98 Å². The van der Waals surface area contributed by atoms with Gasteiger partial charge in [0.1, 0.15) is 0 Å². The van der Waals surface area contributed by atoms with Crippen molar-refractivity contribution in [2.24, 2.45) is 5.92 Å². The van der Waals surface area contributed by atoms with Gasteiger partial charge < -0.3 is 9.64 Å². The maximum Gasteiger partial charge on any atom is 0.214 e. The van der Waals surface area contributed by atoms with Crippen molar-refractivity contribution in [1.29, 1.82) is 0 Å². The molecule has 0 unspecified atom stereocenters. The average Bonchev–Trinajstić information content (AvgIpc) is 2.28. The zero-order valence-corrected chi connectivity index (χ0v) is 10.5.